The number of alkyl halides is 1. The zero-order valence-corrected chi connectivity index (χ0v) is 12.3. The minimum absolute atomic E-state index is 0.0970. The number of benzene rings is 1. The van der Waals surface area contributed by atoms with Crippen LogP contribution in [0.2, 0.25) is 0 Å². The number of fused-ring (bicyclic) bond motifs is 1. The normalized spacial score (nSPS) is 15.8. The van der Waals surface area contributed by atoms with Crippen LogP contribution in [0.25, 0.3) is 0 Å². The zero-order valence-electron chi connectivity index (χ0n) is 11.5. The van der Waals surface area contributed by atoms with E-state index < -0.39 is 0 Å². The van der Waals surface area contributed by atoms with Crippen LogP contribution >= 0.6 is 11.6 Å². The van der Waals surface area contributed by atoms with Crippen LogP contribution in [-0.2, 0) is 11.2 Å². The number of carbonyl (C=O) groups is 1. The fourth-order valence-corrected chi connectivity index (χ4v) is 2.81. The number of rotatable bonds is 6. The molecule has 1 aromatic carbocycles. The van der Waals surface area contributed by atoms with E-state index in [1.807, 2.05) is 12.1 Å². The molecule has 0 saturated carbocycles. The highest BCUT2D eigenvalue weighted by Gasteiger charge is 2.16. The summed E-state index contributed by atoms with van der Waals surface area (Å²) in [6, 6.07) is 6.19. The van der Waals surface area contributed by atoms with Gasteiger partial charge in [0.2, 0.25) is 5.91 Å². The highest BCUT2D eigenvalue weighted by Crippen LogP contribution is 2.31. The van der Waals surface area contributed by atoms with Gasteiger partial charge in [-0.2, -0.15) is 0 Å². The molecule has 0 spiro atoms. The summed E-state index contributed by atoms with van der Waals surface area (Å²) in [7, 11) is 0. The summed E-state index contributed by atoms with van der Waals surface area (Å²) < 4.78 is 0. The molecule has 104 valence electrons. The summed E-state index contributed by atoms with van der Waals surface area (Å²) in [6.45, 7) is 2.22. The van der Waals surface area contributed by atoms with Gasteiger partial charge in [0.25, 0.3) is 0 Å². The first-order valence-corrected chi connectivity index (χ1v) is 7.71. The Morgan fingerprint density at radius 3 is 2.89 bits per heavy atom. The Kier molecular flexibility index (Phi) is 5.26. The monoisotopic (exact) mass is 279 g/mol. The largest absolute Gasteiger partial charge is 0.326 e. The maximum Gasteiger partial charge on any atom is 0.224 e. The van der Waals surface area contributed by atoms with Crippen molar-refractivity contribution in [1.82, 2.24) is 0 Å². The molecule has 0 aliphatic carbocycles. The van der Waals surface area contributed by atoms with Crippen molar-refractivity contribution in [1.29, 1.82) is 0 Å². The van der Waals surface area contributed by atoms with Gasteiger partial charge in [-0.3, -0.25) is 4.79 Å². The van der Waals surface area contributed by atoms with Gasteiger partial charge in [0.15, 0.2) is 0 Å². The quantitative estimate of drug-likeness (QED) is 0.587. The third-order valence-corrected chi connectivity index (χ3v) is 4.17. The Morgan fingerprint density at radius 1 is 1.26 bits per heavy atom. The first-order chi connectivity index (χ1) is 9.20. The van der Waals surface area contributed by atoms with Crippen molar-refractivity contribution in [2.24, 2.45) is 0 Å². The van der Waals surface area contributed by atoms with Crippen molar-refractivity contribution in [2.45, 2.75) is 57.2 Å². The standard InChI is InChI=1S/C16H22ClNO/c1-2-3-4-5-6-14(17)12-7-9-15-13(11-12)8-10-16(19)18-15/h7,9,11,14H,2-6,8,10H2,1H3,(H,18,19). The van der Waals surface area contributed by atoms with E-state index in [4.69, 9.17) is 11.6 Å². The average molecular weight is 280 g/mol. The van der Waals surface area contributed by atoms with E-state index in [-0.39, 0.29) is 11.3 Å². The van der Waals surface area contributed by atoms with Crippen LogP contribution in [0.3, 0.4) is 0 Å². The maximum atomic E-state index is 11.3. The van der Waals surface area contributed by atoms with Crippen molar-refractivity contribution < 1.29 is 4.79 Å². The summed E-state index contributed by atoms with van der Waals surface area (Å²) in [5, 5.41) is 3.00. The lowest BCUT2D eigenvalue weighted by Crippen LogP contribution is -2.19. The number of amides is 1. The predicted molar refractivity (Wildman–Crippen MR) is 80.7 cm³/mol. The Balaban J connectivity index is 1.95. The first kappa shape index (κ1) is 14.4. The molecule has 0 bridgehead atoms. The minimum atomic E-state index is 0.0970. The topological polar surface area (TPSA) is 29.1 Å². The molecule has 1 aliphatic heterocycles. The molecule has 2 rings (SSSR count). The summed E-state index contributed by atoms with van der Waals surface area (Å²) in [5.41, 5.74) is 3.36. The van der Waals surface area contributed by atoms with E-state index in [1.165, 1.54) is 36.8 Å². The molecule has 1 aliphatic rings. The van der Waals surface area contributed by atoms with Crippen LogP contribution in [0.15, 0.2) is 18.2 Å². The maximum absolute atomic E-state index is 11.3. The lowest BCUT2D eigenvalue weighted by molar-refractivity contribution is -0.116. The number of unbranched alkanes of at least 4 members (excludes halogenated alkanes) is 3. The number of carbonyl (C=O) groups excluding carboxylic acids is 1. The summed E-state index contributed by atoms with van der Waals surface area (Å²) in [4.78, 5) is 11.3. The van der Waals surface area contributed by atoms with Gasteiger partial charge < -0.3 is 5.32 Å². The molecule has 1 unspecified atom stereocenters. The van der Waals surface area contributed by atoms with Gasteiger partial charge in [-0.1, -0.05) is 44.7 Å². The second kappa shape index (κ2) is 6.95. The van der Waals surface area contributed by atoms with Gasteiger partial charge in [-0.05, 0) is 30.0 Å². The molecule has 1 N–H and O–H groups in total. The van der Waals surface area contributed by atoms with Crippen LogP contribution in [0.5, 0.6) is 0 Å². The Labute approximate surface area is 120 Å². The summed E-state index contributed by atoms with van der Waals surface area (Å²) in [5.74, 6) is 0.113. The molecular formula is C16H22ClNO. The fourth-order valence-electron chi connectivity index (χ4n) is 2.52. The molecule has 1 aromatic rings. The molecule has 0 radical (unpaired) electrons. The highest BCUT2D eigenvalue weighted by atomic mass is 35.5. The van der Waals surface area contributed by atoms with Crippen molar-refractivity contribution in [3.8, 4) is 0 Å². The van der Waals surface area contributed by atoms with Crippen molar-refractivity contribution in [3.05, 3.63) is 29.3 Å². The van der Waals surface area contributed by atoms with E-state index >= 15 is 0 Å². The van der Waals surface area contributed by atoms with E-state index in [0.29, 0.717) is 6.42 Å². The third-order valence-electron chi connectivity index (χ3n) is 3.70. The van der Waals surface area contributed by atoms with Gasteiger partial charge in [0, 0.05) is 12.1 Å². The van der Waals surface area contributed by atoms with Crippen LogP contribution in [0.4, 0.5) is 5.69 Å². The van der Waals surface area contributed by atoms with Gasteiger partial charge >= 0.3 is 0 Å². The number of hydrogen-bond donors (Lipinski definition) is 1. The zero-order chi connectivity index (χ0) is 13.7. The van der Waals surface area contributed by atoms with E-state index in [2.05, 4.69) is 18.3 Å². The Bertz CT molecular complexity index is 444. The summed E-state index contributed by atoms with van der Waals surface area (Å²) in [6.07, 6.45) is 7.45. The molecule has 0 aromatic heterocycles. The SMILES string of the molecule is CCCCCCC(Cl)c1ccc2c(c1)CCC(=O)N2. The Hall–Kier alpha value is -1.02. The van der Waals surface area contributed by atoms with Crippen LogP contribution in [-0.4, -0.2) is 5.91 Å². The third kappa shape index (κ3) is 3.97. The molecule has 2 nitrogen and oxygen atoms in total. The number of halogens is 1. The van der Waals surface area contributed by atoms with Crippen LogP contribution in [0.1, 0.15) is 62.0 Å². The molecule has 0 saturated heterocycles. The predicted octanol–water partition coefficient (Wildman–Crippen LogP) is 4.82. The average Bonchev–Trinajstić information content (AvgIpc) is 2.42. The van der Waals surface area contributed by atoms with Gasteiger partial charge in [0.05, 0.1) is 5.38 Å². The van der Waals surface area contributed by atoms with Crippen molar-refractivity contribution >= 4 is 23.2 Å². The molecule has 0 fully saturated rings. The number of hydrogen-bond acceptors (Lipinski definition) is 1. The number of aryl methyl sites for hydroxylation is 1. The molecular weight excluding hydrogens is 258 g/mol. The second-order valence-electron chi connectivity index (χ2n) is 5.28. The van der Waals surface area contributed by atoms with Crippen LogP contribution < -0.4 is 5.32 Å². The smallest absolute Gasteiger partial charge is 0.224 e. The van der Waals surface area contributed by atoms with Crippen LogP contribution in [0, 0.1) is 0 Å². The molecule has 3 heteroatoms. The fraction of sp³-hybridized carbons (Fsp3) is 0.562. The van der Waals surface area contributed by atoms with Gasteiger partial charge in [-0.25, -0.2) is 0 Å². The number of nitrogens with one attached hydrogen (secondary N) is 1. The van der Waals surface area contributed by atoms with Crippen molar-refractivity contribution in [2.75, 3.05) is 5.32 Å². The molecule has 1 heterocycles. The van der Waals surface area contributed by atoms with E-state index in [1.54, 1.807) is 0 Å². The van der Waals surface area contributed by atoms with Gasteiger partial charge in [-0.15, -0.1) is 11.6 Å². The van der Waals surface area contributed by atoms with Crippen molar-refractivity contribution in [3.63, 3.8) is 0 Å². The van der Waals surface area contributed by atoms with E-state index in [0.717, 1.165) is 18.5 Å². The summed E-state index contributed by atoms with van der Waals surface area (Å²) >= 11 is 6.47. The molecule has 1 atom stereocenters. The molecule has 1 amide bonds. The minimum Gasteiger partial charge on any atom is -0.326 e. The van der Waals surface area contributed by atoms with Gasteiger partial charge in [0.1, 0.15) is 0 Å². The Morgan fingerprint density at radius 2 is 2.11 bits per heavy atom. The lowest BCUT2D eigenvalue weighted by atomic mass is 9.97. The highest BCUT2D eigenvalue weighted by molar-refractivity contribution is 6.20. The van der Waals surface area contributed by atoms with E-state index in [9.17, 15) is 4.79 Å². The second-order valence-corrected chi connectivity index (χ2v) is 5.81. The number of anilines is 1. The lowest BCUT2D eigenvalue weighted by Gasteiger charge is -2.19. The molecule has 19 heavy (non-hydrogen) atoms. The first-order valence-electron chi connectivity index (χ1n) is 7.27.